The Morgan fingerprint density at radius 3 is 3.00 bits per heavy atom. The fourth-order valence-electron chi connectivity index (χ4n) is 1.42. The second-order valence-electron chi connectivity index (χ2n) is 3.17. The predicted molar refractivity (Wildman–Crippen MR) is 51.4 cm³/mol. The Labute approximate surface area is 80.6 Å². The van der Waals surface area contributed by atoms with Gasteiger partial charge < -0.3 is 5.73 Å². The molecule has 2 N–H and O–H groups in total. The van der Waals surface area contributed by atoms with Gasteiger partial charge in [0.1, 0.15) is 11.6 Å². The van der Waals surface area contributed by atoms with Crippen LogP contribution < -0.4 is 5.73 Å². The Bertz CT molecular complexity index is 463. The first-order chi connectivity index (χ1) is 6.72. The van der Waals surface area contributed by atoms with Crippen molar-refractivity contribution in [2.24, 2.45) is 0 Å². The van der Waals surface area contributed by atoms with E-state index in [0.717, 1.165) is 18.7 Å². The summed E-state index contributed by atoms with van der Waals surface area (Å²) in [5.74, 6) is 0.376. The molecule has 5 heteroatoms. The smallest absolute Gasteiger partial charge is 0.184 e. The highest BCUT2D eigenvalue weighted by Gasteiger charge is 2.08. The Morgan fingerprint density at radius 2 is 2.29 bits per heavy atom. The SMILES string of the molecule is CCCc1nnc2c(N)cc(F)cn12. The van der Waals surface area contributed by atoms with Crippen molar-refractivity contribution >= 4 is 11.3 Å². The Hall–Kier alpha value is -1.65. The number of aryl methyl sites for hydroxylation is 1. The predicted octanol–water partition coefficient (Wildman–Crippen LogP) is 1.40. The number of nitrogens with zero attached hydrogens (tertiary/aromatic N) is 3. The van der Waals surface area contributed by atoms with Crippen molar-refractivity contribution in [1.82, 2.24) is 14.6 Å². The molecule has 0 aliphatic heterocycles. The number of fused-ring (bicyclic) bond motifs is 1. The highest BCUT2D eigenvalue weighted by Crippen LogP contribution is 2.14. The van der Waals surface area contributed by atoms with Crippen LogP contribution in [-0.4, -0.2) is 14.6 Å². The normalized spacial score (nSPS) is 11.0. The van der Waals surface area contributed by atoms with Crippen molar-refractivity contribution < 1.29 is 4.39 Å². The number of nitrogens with two attached hydrogens (primary N) is 1. The topological polar surface area (TPSA) is 56.2 Å². The summed E-state index contributed by atoms with van der Waals surface area (Å²) in [6, 6.07) is 1.25. The third-order valence-electron chi connectivity index (χ3n) is 2.04. The highest BCUT2D eigenvalue weighted by atomic mass is 19.1. The number of nitrogen functional groups attached to an aromatic ring is 1. The van der Waals surface area contributed by atoms with E-state index in [1.54, 1.807) is 4.40 Å². The summed E-state index contributed by atoms with van der Waals surface area (Å²) in [5.41, 5.74) is 6.45. The molecular formula is C9H11FN4. The van der Waals surface area contributed by atoms with E-state index >= 15 is 0 Å². The van der Waals surface area contributed by atoms with Crippen molar-refractivity contribution in [2.75, 3.05) is 5.73 Å². The standard InChI is InChI=1S/C9H11FN4/c1-2-3-8-12-13-9-7(11)4-6(10)5-14(8)9/h4-5H,2-3,11H2,1H3. The van der Waals surface area contributed by atoms with Gasteiger partial charge in [-0.25, -0.2) is 4.39 Å². The van der Waals surface area contributed by atoms with Crippen molar-refractivity contribution in [3.8, 4) is 0 Å². The number of hydrogen-bond donors (Lipinski definition) is 1. The van der Waals surface area contributed by atoms with E-state index in [0.29, 0.717) is 11.3 Å². The lowest BCUT2D eigenvalue weighted by molar-refractivity contribution is 0.617. The lowest BCUT2D eigenvalue weighted by Gasteiger charge is -1.99. The van der Waals surface area contributed by atoms with Crippen LogP contribution in [0.25, 0.3) is 5.65 Å². The zero-order valence-electron chi connectivity index (χ0n) is 7.87. The van der Waals surface area contributed by atoms with Crippen molar-refractivity contribution in [3.63, 3.8) is 0 Å². The summed E-state index contributed by atoms with van der Waals surface area (Å²) in [7, 11) is 0. The molecule has 14 heavy (non-hydrogen) atoms. The van der Waals surface area contributed by atoms with Crippen LogP contribution in [0, 0.1) is 5.82 Å². The van der Waals surface area contributed by atoms with E-state index in [1.807, 2.05) is 6.92 Å². The molecule has 0 amide bonds. The summed E-state index contributed by atoms with van der Waals surface area (Å²) in [6.45, 7) is 2.03. The number of pyridine rings is 1. The second kappa shape index (κ2) is 3.25. The van der Waals surface area contributed by atoms with E-state index in [2.05, 4.69) is 10.2 Å². The third kappa shape index (κ3) is 1.30. The Balaban J connectivity index is 2.66. The average Bonchev–Trinajstić information content (AvgIpc) is 2.49. The zero-order valence-corrected chi connectivity index (χ0v) is 7.87. The third-order valence-corrected chi connectivity index (χ3v) is 2.04. The lowest BCUT2D eigenvalue weighted by atomic mass is 10.3. The Kier molecular flexibility index (Phi) is 2.07. The van der Waals surface area contributed by atoms with Crippen LogP contribution in [0.2, 0.25) is 0 Å². The Morgan fingerprint density at radius 1 is 1.50 bits per heavy atom. The fraction of sp³-hybridized carbons (Fsp3) is 0.333. The first-order valence-corrected chi connectivity index (χ1v) is 4.51. The minimum atomic E-state index is -0.368. The van der Waals surface area contributed by atoms with Crippen molar-refractivity contribution in [1.29, 1.82) is 0 Å². The fourth-order valence-corrected chi connectivity index (χ4v) is 1.42. The van der Waals surface area contributed by atoms with Gasteiger partial charge in [0.15, 0.2) is 5.65 Å². The molecule has 0 atom stereocenters. The van der Waals surface area contributed by atoms with Crippen LogP contribution in [0.15, 0.2) is 12.3 Å². The minimum absolute atomic E-state index is 0.319. The van der Waals surface area contributed by atoms with Crippen LogP contribution in [-0.2, 0) is 6.42 Å². The molecule has 0 saturated heterocycles. The van der Waals surface area contributed by atoms with Gasteiger partial charge in [0, 0.05) is 18.7 Å². The molecule has 0 aromatic carbocycles. The lowest BCUT2D eigenvalue weighted by Crippen LogP contribution is -1.98. The average molecular weight is 194 g/mol. The number of hydrogen-bond acceptors (Lipinski definition) is 3. The minimum Gasteiger partial charge on any atom is -0.396 e. The summed E-state index contributed by atoms with van der Waals surface area (Å²) in [5, 5.41) is 7.85. The van der Waals surface area contributed by atoms with Gasteiger partial charge in [-0.05, 0) is 6.42 Å². The quantitative estimate of drug-likeness (QED) is 0.786. The number of rotatable bonds is 2. The van der Waals surface area contributed by atoms with E-state index in [4.69, 9.17) is 5.73 Å². The van der Waals surface area contributed by atoms with Crippen molar-refractivity contribution in [2.45, 2.75) is 19.8 Å². The molecular weight excluding hydrogens is 183 g/mol. The van der Waals surface area contributed by atoms with Gasteiger partial charge in [-0.15, -0.1) is 10.2 Å². The number of anilines is 1. The summed E-state index contributed by atoms with van der Waals surface area (Å²) >= 11 is 0. The molecule has 0 aliphatic rings. The van der Waals surface area contributed by atoms with E-state index < -0.39 is 0 Å². The van der Waals surface area contributed by atoms with Crippen LogP contribution in [0.5, 0.6) is 0 Å². The largest absolute Gasteiger partial charge is 0.396 e. The molecule has 0 aliphatic carbocycles. The second-order valence-corrected chi connectivity index (χ2v) is 3.17. The number of halogens is 1. The van der Waals surface area contributed by atoms with Gasteiger partial charge in [-0.1, -0.05) is 6.92 Å². The van der Waals surface area contributed by atoms with Gasteiger partial charge in [0.05, 0.1) is 5.69 Å². The van der Waals surface area contributed by atoms with Gasteiger partial charge in [-0.2, -0.15) is 0 Å². The van der Waals surface area contributed by atoms with Gasteiger partial charge >= 0.3 is 0 Å². The van der Waals surface area contributed by atoms with E-state index in [1.165, 1.54) is 12.3 Å². The van der Waals surface area contributed by atoms with Crippen LogP contribution in [0.4, 0.5) is 10.1 Å². The molecule has 74 valence electrons. The first-order valence-electron chi connectivity index (χ1n) is 4.51. The molecule has 0 fully saturated rings. The summed E-state index contributed by atoms with van der Waals surface area (Å²) < 4.78 is 14.6. The van der Waals surface area contributed by atoms with Crippen molar-refractivity contribution in [3.05, 3.63) is 23.9 Å². The molecule has 4 nitrogen and oxygen atoms in total. The van der Waals surface area contributed by atoms with Gasteiger partial charge in [0.2, 0.25) is 0 Å². The first kappa shape index (κ1) is 8.93. The molecule has 0 radical (unpaired) electrons. The maximum absolute atomic E-state index is 13.0. The van der Waals surface area contributed by atoms with Crippen LogP contribution >= 0.6 is 0 Å². The molecule has 2 aromatic rings. The van der Waals surface area contributed by atoms with E-state index in [9.17, 15) is 4.39 Å². The van der Waals surface area contributed by atoms with Crippen LogP contribution in [0.1, 0.15) is 19.2 Å². The van der Waals surface area contributed by atoms with Gasteiger partial charge in [-0.3, -0.25) is 4.40 Å². The number of aromatic nitrogens is 3. The summed E-state index contributed by atoms with van der Waals surface area (Å²) in [4.78, 5) is 0. The molecule has 0 unspecified atom stereocenters. The zero-order chi connectivity index (χ0) is 10.1. The molecule has 0 bridgehead atoms. The molecule has 0 saturated carbocycles. The van der Waals surface area contributed by atoms with Gasteiger partial charge in [0.25, 0.3) is 0 Å². The van der Waals surface area contributed by atoms with E-state index in [-0.39, 0.29) is 5.82 Å². The highest BCUT2D eigenvalue weighted by molar-refractivity contribution is 5.63. The van der Waals surface area contributed by atoms with Crippen LogP contribution in [0.3, 0.4) is 0 Å². The molecule has 2 rings (SSSR count). The maximum Gasteiger partial charge on any atom is 0.184 e. The molecule has 2 heterocycles. The monoisotopic (exact) mass is 194 g/mol. The summed E-state index contributed by atoms with van der Waals surface area (Å²) in [6.07, 6.45) is 3.07. The molecule has 2 aromatic heterocycles. The molecule has 0 spiro atoms. The maximum atomic E-state index is 13.0.